The minimum absolute atomic E-state index is 0.0152. The highest BCUT2D eigenvalue weighted by Gasteiger charge is 2.34. The molecule has 1 heterocycles. The van der Waals surface area contributed by atoms with E-state index in [-0.39, 0.29) is 18.2 Å². The zero-order valence-electron chi connectivity index (χ0n) is 12.4. The van der Waals surface area contributed by atoms with Crippen LogP contribution in [-0.2, 0) is 17.6 Å². The van der Waals surface area contributed by atoms with Crippen molar-refractivity contribution in [2.75, 3.05) is 6.54 Å². The fourth-order valence-corrected chi connectivity index (χ4v) is 2.68. The number of nitrogens with zero attached hydrogens (tertiary/aromatic N) is 1. The first-order chi connectivity index (χ1) is 11.1. The lowest BCUT2D eigenvalue weighted by Gasteiger charge is -2.13. The predicted molar refractivity (Wildman–Crippen MR) is 83.3 cm³/mol. The van der Waals surface area contributed by atoms with E-state index in [1.54, 1.807) is 36.4 Å². The number of amides is 2. The fraction of sp³-hybridized carbons (Fsp3) is 0.167. The molecular weight excluding hydrogens is 294 g/mol. The molecule has 1 aliphatic heterocycles. The molecule has 2 aromatic rings. The van der Waals surface area contributed by atoms with E-state index >= 15 is 0 Å². The minimum atomic E-state index is -0.872. The van der Waals surface area contributed by atoms with Gasteiger partial charge in [-0.2, -0.15) is 0 Å². The number of rotatable bonds is 5. The second-order valence-corrected chi connectivity index (χ2v) is 5.44. The second kappa shape index (κ2) is 6.04. The Morgan fingerprint density at radius 3 is 1.91 bits per heavy atom. The standard InChI is InChI=1S/C18H15NO4/c20-16(21)11-13-7-5-12(6-8-13)9-10-19-17(22)14-3-1-2-4-15(14)18(19)23/h1-8H,9-11H2,(H,20,21). The number of carboxylic acid groups (broad SMARTS) is 1. The van der Waals surface area contributed by atoms with Crippen LogP contribution in [0.15, 0.2) is 48.5 Å². The summed E-state index contributed by atoms with van der Waals surface area (Å²) in [5.74, 6) is -1.38. The van der Waals surface area contributed by atoms with Gasteiger partial charge in [-0.05, 0) is 29.7 Å². The zero-order chi connectivity index (χ0) is 16.4. The molecule has 0 saturated heterocycles. The molecule has 0 saturated carbocycles. The molecule has 2 amide bonds. The van der Waals surface area contributed by atoms with Crippen LogP contribution in [0.1, 0.15) is 31.8 Å². The maximum atomic E-state index is 12.2. The fourth-order valence-electron chi connectivity index (χ4n) is 2.68. The molecule has 1 N–H and O–H groups in total. The van der Waals surface area contributed by atoms with Crippen LogP contribution in [0, 0.1) is 0 Å². The van der Waals surface area contributed by atoms with Crippen molar-refractivity contribution in [3.63, 3.8) is 0 Å². The van der Waals surface area contributed by atoms with Gasteiger partial charge in [0.05, 0.1) is 17.5 Å². The summed E-state index contributed by atoms with van der Waals surface area (Å²) in [6.07, 6.45) is 0.525. The van der Waals surface area contributed by atoms with Gasteiger partial charge in [-0.3, -0.25) is 19.3 Å². The molecule has 5 heteroatoms. The molecule has 2 aromatic carbocycles. The molecule has 5 nitrogen and oxygen atoms in total. The van der Waals surface area contributed by atoms with Gasteiger partial charge in [-0.25, -0.2) is 0 Å². The molecular formula is C18H15NO4. The van der Waals surface area contributed by atoms with Gasteiger partial charge in [0, 0.05) is 6.54 Å². The first-order valence-corrected chi connectivity index (χ1v) is 7.31. The highest BCUT2D eigenvalue weighted by atomic mass is 16.4. The number of hydrogen-bond donors (Lipinski definition) is 1. The Hall–Kier alpha value is -2.95. The Morgan fingerprint density at radius 2 is 1.39 bits per heavy atom. The van der Waals surface area contributed by atoms with Crippen molar-refractivity contribution in [3.05, 3.63) is 70.8 Å². The number of carbonyl (C=O) groups is 3. The largest absolute Gasteiger partial charge is 0.481 e. The van der Waals surface area contributed by atoms with E-state index in [0.29, 0.717) is 24.1 Å². The van der Waals surface area contributed by atoms with E-state index < -0.39 is 5.97 Å². The van der Waals surface area contributed by atoms with Crippen molar-refractivity contribution in [1.82, 2.24) is 4.90 Å². The van der Waals surface area contributed by atoms with Crippen LogP contribution in [0.3, 0.4) is 0 Å². The number of benzene rings is 2. The summed E-state index contributed by atoms with van der Waals surface area (Å²) in [5, 5.41) is 8.75. The summed E-state index contributed by atoms with van der Waals surface area (Å²) in [6, 6.07) is 14.0. The van der Waals surface area contributed by atoms with Gasteiger partial charge in [0.2, 0.25) is 0 Å². The smallest absolute Gasteiger partial charge is 0.307 e. The van der Waals surface area contributed by atoms with Crippen LogP contribution >= 0.6 is 0 Å². The van der Waals surface area contributed by atoms with Gasteiger partial charge < -0.3 is 5.11 Å². The molecule has 116 valence electrons. The molecule has 0 radical (unpaired) electrons. The SMILES string of the molecule is O=C(O)Cc1ccc(CCN2C(=O)c3ccccc3C2=O)cc1. The molecule has 0 aliphatic carbocycles. The summed E-state index contributed by atoms with van der Waals surface area (Å²) in [4.78, 5) is 36.4. The van der Waals surface area contributed by atoms with Gasteiger partial charge >= 0.3 is 5.97 Å². The van der Waals surface area contributed by atoms with Crippen molar-refractivity contribution in [3.8, 4) is 0 Å². The molecule has 0 atom stereocenters. The van der Waals surface area contributed by atoms with Crippen molar-refractivity contribution >= 4 is 17.8 Å². The lowest BCUT2D eigenvalue weighted by molar-refractivity contribution is -0.136. The van der Waals surface area contributed by atoms with E-state index in [0.717, 1.165) is 11.1 Å². The molecule has 0 aromatic heterocycles. The number of fused-ring (bicyclic) bond motifs is 1. The third-order valence-corrected chi connectivity index (χ3v) is 3.88. The lowest BCUT2D eigenvalue weighted by atomic mass is 10.1. The van der Waals surface area contributed by atoms with Gasteiger partial charge in [0.25, 0.3) is 11.8 Å². The van der Waals surface area contributed by atoms with Crippen molar-refractivity contribution < 1.29 is 19.5 Å². The van der Waals surface area contributed by atoms with E-state index in [9.17, 15) is 14.4 Å². The van der Waals surface area contributed by atoms with Crippen molar-refractivity contribution in [2.45, 2.75) is 12.8 Å². The second-order valence-electron chi connectivity index (χ2n) is 5.44. The van der Waals surface area contributed by atoms with Crippen molar-refractivity contribution in [1.29, 1.82) is 0 Å². The molecule has 0 bridgehead atoms. The van der Waals surface area contributed by atoms with Crippen LogP contribution in [0.2, 0.25) is 0 Å². The Balaban J connectivity index is 1.66. The van der Waals surface area contributed by atoms with Gasteiger partial charge in [0.1, 0.15) is 0 Å². The minimum Gasteiger partial charge on any atom is -0.481 e. The first-order valence-electron chi connectivity index (χ1n) is 7.31. The summed E-state index contributed by atoms with van der Waals surface area (Å²) < 4.78 is 0. The highest BCUT2D eigenvalue weighted by Crippen LogP contribution is 2.22. The molecule has 1 aliphatic rings. The van der Waals surface area contributed by atoms with E-state index in [1.807, 2.05) is 12.1 Å². The summed E-state index contributed by atoms with van der Waals surface area (Å²) >= 11 is 0. The average molecular weight is 309 g/mol. The van der Waals surface area contributed by atoms with Crippen molar-refractivity contribution in [2.24, 2.45) is 0 Å². The summed E-state index contributed by atoms with van der Waals surface area (Å²) in [5.41, 5.74) is 2.58. The number of hydrogen-bond acceptors (Lipinski definition) is 3. The Bertz CT molecular complexity index is 745. The number of imide groups is 1. The Labute approximate surface area is 133 Å². The Kier molecular flexibility index (Phi) is 3.93. The van der Waals surface area contributed by atoms with Crippen LogP contribution in [0.4, 0.5) is 0 Å². The molecule has 0 spiro atoms. The predicted octanol–water partition coefficient (Wildman–Crippen LogP) is 2.15. The zero-order valence-corrected chi connectivity index (χ0v) is 12.4. The van der Waals surface area contributed by atoms with E-state index in [2.05, 4.69) is 0 Å². The normalized spacial score (nSPS) is 13.3. The number of carboxylic acids is 1. The molecule has 0 fully saturated rings. The number of carbonyl (C=O) groups excluding carboxylic acids is 2. The van der Waals surface area contributed by atoms with Gasteiger partial charge in [0.15, 0.2) is 0 Å². The highest BCUT2D eigenvalue weighted by molar-refractivity contribution is 6.21. The number of aliphatic carboxylic acids is 1. The first kappa shape index (κ1) is 15.0. The molecule has 0 unspecified atom stereocenters. The average Bonchev–Trinajstić information content (AvgIpc) is 2.78. The Morgan fingerprint density at radius 1 is 0.870 bits per heavy atom. The van der Waals surface area contributed by atoms with Crippen LogP contribution in [-0.4, -0.2) is 34.3 Å². The van der Waals surface area contributed by atoms with Crippen LogP contribution in [0.5, 0.6) is 0 Å². The third-order valence-electron chi connectivity index (χ3n) is 3.88. The summed E-state index contributed by atoms with van der Waals surface area (Å²) in [6.45, 7) is 0.310. The van der Waals surface area contributed by atoms with Gasteiger partial charge in [-0.1, -0.05) is 36.4 Å². The van der Waals surface area contributed by atoms with Gasteiger partial charge in [-0.15, -0.1) is 0 Å². The van der Waals surface area contributed by atoms with Crippen LogP contribution < -0.4 is 0 Å². The topological polar surface area (TPSA) is 74.7 Å². The maximum absolute atomic E-state index is 12.2. The molecule has 3 rings (SSSR count). The summed E-state index contributed by atoms with van der Waals surface area (Å²) in [7, 11) is 0. The quantitative estimate of drug-likeness (QED) is 0.859. The molecule has 23 heavy (non-hydrogen) atoms. The van der Waals surface area contributed by atoms with Crippen LogP contribution in [0.25, 0.3) is 0 Å². The third kappa shape index (κ3) is 2.99. The van der Waals surface area contributed by atoms with E-state index in [4.69, 9.17) is 5.11 Å². The monoisotopic (exact) mass is 309 g/mol. The lowest BCUT2D eigenvalue weighted by Crippen LogP contribution is -2.31. The van der Waals surface area contributed by atoms with E-state index in [1.165, 1.54) is 4.90 Å². The maximum Gasteiger partial charge on any atom is 0.307 e.